The lowest BCUT2D eigenvalue weighted by atomic mass is 10.2. The van der Waals surface area contributed by atoms with Gasteiger partial charge in [0.1, 0.15) is 5.75 Å². The summed E-state index contributed by atoms with van der Waals surface area (Å²) in [5.41, 5.74) is 2.88. The van der Waals surface area contributed by atoms with E-state index in [2.05, 4.69) is 18.7 Å². The molecular weight excluding hydrogens is 376 g/mol. The number of rotatable bonds is 6. The fraction of sp³-hybridized carbons (Fsp3) is 0.238. The minimum absolute atomic E-state index is 0.0867. The maximum atomic E-state index is 12.9. The van der Waals surface area contributed by atoms with E-state index >= 15 is 0 Å². The van der Waals surface area contributed by atoms with E-state index in [9.17, 15) is 4.79 Å². The first-order valence-electron chi connectivity index (χ1n) is 8.84. The van der Waals surface area contributed by atoms with Gasteiger partial charge in [0.15, 0.2) is 4.32 Å². The Morgan fingerprint density at radius 1 is 1.07 bits per heavy atom. The average Bonchev–Trinajstić information content (AvgIpc) is 2.97. The van der Waals surface area contributed by atoms with Gasteiger partial charge in [0.05, 0.1) is 17.7 Å². The summed E-state index contributed by atoms with van der Waals surface area (Å²) in [6.07, 6.45) is 1.86. The van der Waals surface area contributed by atoms with Crippen molar-refractivity contribution in [3.63, 3.8) is 0 Å². The normalized spacial score (nSPS) is 15.5. The smallest absolute Gasteiger partial charge is 0.270 e. The van der Waals surface area contributed by atoms with Crippen molar-refractivity contribution in [2.45, 2.75) is 13.8 Å². The second kappa shape index (κ2) is 8.59. The maximum absolute atomic E-state index is 12.9. The van der Waals surface area contributed by atoms with Crippen LogP contribution in [0, 0.1) is 0 Å². The zero-order valence-corrected chi connectivity index (χ0v) is 17.3. The number of benzene rings is 2. The summed E-state index contributed by atoms with van der Waals surface area (Å²) in [5, 5.41) is 0. The van der Waals surface area contributed by atoms with Crippen LogP contribution in [0.3, 0.4) is 0 Å². The first-order chi connectivity index (χ1) is 13.1. The van der Waals surface area contributed by atoms with E-state index in [-0.39, 0.29) is 5.91 Å². The molecule has 0 spiro atoms. The maximum Gasteiger partial charge on any atom is 0.270 e. The van der Waals surface area contributed by atoms with E-state index in [0.29, 0.717) is 9.23 Å². The first-order valence-corrected chi connectivity index (χ1v) is 10.1. The van der Waals surface area contributed by atoms with Gasteiger partial charge in [-0.1, -0.05) is 36.1 Å². The summed E-state index contributed by atoms with van der Waals surface area (Å²) in [5.74, 6) is 0.699. The number of thiocarbonyl (C=S) groups is 1. The second-order valence-corrected chi connectivity index (χ2v) is 7.65. The van der Waals surface area contributed by atoms with Gasteiger partial charge in [0, 0.05) is 18.8 Å². The Labute approximate surface area is 169 Å². The largest absolute Gasteiger partial charge is 0.497 e. The standard InChI is InChI=1S/C21H22N2O2S2/c1-4-22(5-2)16-8-10-17(11-9-16)23-20(24)19(27-21(23)26)14-15-6-12-18(25-3)13-7-15/h6-14H,4-5H2,1-3H3/b19-14-. The van der Waals surface area contributed by atoms with Crippen molar-refractivity contribution in [2.24, 2.45) is 0 Å². The predicted molar refractivity (Wildman–Crippen MR) is 119 cm³/mol. The number of ether oxygens (including phenoxy) is 1. The van der Waals surface area contributed by atoms with Crippen LogP contribution in [-0.4, -0.2) is 30.4 Å². The van der Waals surface area contributed by atoms with Gasteiger partial charge in [0.25, 0.3) is 5.91 Å². The molecule has 0 N–H and O–H groups in total. The molecule has 6 heteroatoms. The van der Waals surface area contributed by atoms with Gasteiger partial charge in [-0.3, -0.25) is 9.69 Å². The molecule has 2 aromatic carbocycles. The Hall–Kier alpha value is -2.31. The minimum atomic E-state index is -0.0867. The molecule has 140 valence electrons. The van der Waals surface area contributed by atoms with Crippen molar-refractivity contribution in [1.29, 1.82) is 0 Å². The van der Waals surface area contributed by atoms with E-state index in [1.54, 1.807) is 12.0 Å². The molecule has 27 heavy (non-hydrogen) atoms. The third kappa shape index (κ3) is 4.17. The highest BCUT2D eigenvalue weighted by Gasteiger charge is 2.33. The zero-order valence-electron chi connectivity index (χ0n) is 15.6. The van der Waals surface area contributed by atoms with Crippen molar-refractivity contribution < 1.29 is 9.53 Å². The Morgan fingerprint density at radius 3 is 2.26 bits per heavy atom. The second-order valence-electron chi connectivity index (χ2n) is 5.98. The number of nitrogens with zero attached hydrogens (tertiary/aromatic N) is 2. The third-order valence-corrected chi connectivity index (χ3v) is 5.75. The first kappa shape index (κ1) is 19.5. The van der Waals surface area contributed by atoms with Gasteiger partial charge < -0.3 is 9.64 Å². The molecule has 1 fully saturated rings. The van der Waals surface area contributed by atoms with Gasteiger partial charge >= 0.3 is 0 Å². The number of thioether (sulfide) groups is 1. The van der Waals surface area contributed by atoms with Gasteiger partial charge in [0.2, 0.25) is 0 Å². The van der Waals surface area contributed by atoms with Crippen molar-refractivity contribution in [3.05, 3.63) is 59.0 Å². The van der Waals surface area contributed by atoms with E-state index in [1.165, 1.54) is 11.8 Å². The molecule has 0 unspecified atom stereocenters. The molecule has 1 aliphatic heterocycles. The summed E-state index contributed by atoms with van der Waals surface area (Å²) >= 11 is 6.79. The molecule has 4 nitrogen and oxygen atoms in total. The molecule has 3 rings (SSSR count). The molecule has 2 aromatic rings. The monoisotopic (exact) mass is 398 g/mol. The van der Waals surface area contributed by atoms with Gasteiger partial charge in [-0.25, -0.2) is 0 Å². The number of hydrogen-bond acceptors (Lipinski definition) is 5. The van der Waals surface area contributed by atoms with E-state index < -0.39 is 0 Å². The van der Waals surface area contributed by atoms with Crippen LogP contribution in [0.2, 0.25) is 0 Å². The average molecular weight is 399 g/mol. The quantitative estimate of drug-likeness (QED) is 0.508. The summed E-state index contributed by atoms with van der Waals surface area (Å²) in [7, 11) is 1.63. The third-order valence-electron chi connectivity index (χ3n) is 4.44. The van der Waals surface area contributed by atoms with Crippen molar-refractivity contribution >= 4 is 51.7 Å². The van der Waals surface area contributed by atoms with Crippen molar-refractivity contribution in [1.82, 2.24) is 0 Å². The fourth-order valence-corrected chi connectivity index (χ4v) is 4.24. The lowest BCUT2D eigenvalue weighted by Gasteiger charge is -2.22. The Kier molecular flexibility index (Phi) is 6.19. The van der Waals surface area contributed by atoms with Crippen LogP contribution in [0.15, 0.2) is 53.4 Å². The highest BCUT2D eigenvalue weighted by atomic mass is 32.2. The molecule has 0 aromatic heterocycles. The van der Waals surface area contributed by atoms with Crippen LogP contribution in [0.25, 0.3) is 6.08 Å². The lowest BCUT2D eigenvalue weighted by molar-refractivity contribution is -0.113. The van der Waals surface area contributed by atoms with Crippen molar-refractivity contribution in [3.8, 4) is 5.75 Å². The molecule has 1 aliphatic rings. The zero-order chi connectivity index (χ0) is 19.4. The molecule has 0 bridgehead atoms. The molecule has 1 heterocycles. The Bertz CT molecular complexity index is 857. The number of carbonyl (C=O) groups excluding carboxylic acids is 1. The van der Waals surface area contributed by atoms with Crippen LogP contribution < -0.4 is 14.5 Å². The molecule has 0 atom stereocenters. The number of carbonyl (C=O) groups is 1. The molecule has 0 aliphatic carbocycles. The molecule has 1 amide bonds. The molecule has 1 saturated heterocycles. The Balaban J connectivity index is 1.82. The number of amides is 1. The summed E-state index contributed by atoms with van der Waals surface area (Å²) < 4.78 is 5.72. The number of hydrogen-bond donors (Lipinski definition) is 0. The Morgan fingerprint density at radius 2 is 1.70 bits per heavy atom. The van der Waals surface area contributed by atoms with Gasteiger partial charge in [-0.2, -0.15) is 0 Å². The predicted octanol–water partition coefficient (Wildman–Crippen LogP) is 4.95. The SMILES string of the molecule is CCN(CC)c1ccc(N2C(=O)/C(=C/c3ccc(OC)cc3)SC2=S)cc1. The molecular formula is C21H22N2O2S2. The summed E-state index contributed by atoms with van der Waals surface area (Å²) in [4.78, 5) is 17.4. The fourth-order valence-electron chi connectivity index (χ4n) is 2.94. The van der Waals surface area contributed by atoms with Gasteiger partial charge in [-0.05, 0) is 61.9 Å². The highest BCUT2D eigenvalue weighted by molar-refractivity contribution is 8.27. The molecule has 0 saturated carbocycles. The van der Waals surface area contributed by atoms with Crippen LogP contribution in [0.5, 0.6) is 5.75 Å². The van der Waals surface area contributed by atoms with Crippen LogP contribution in [0.4, 0.5) is 11.4 Å². The van der Waals surface area contributed by atoms with E-state index in [0.717, 1.165) is 35.8 Å². The molecule has 0 radical (unpaired) electrons. The summed E-state index contributed by atoms with van der Waals surface area (Å²) in [6.45, 7) is 6.15. The number of anilines is 2. The van der Waals surface area contributed by atoms with Crippen molar-refractivity contribution in [2.75, 3.05) is 30.0 Å². The number of methoxy groups -OCH3 is 1. The van der Waals surface area contributed by atoms with E-state index in [4.69, 9.17) is 17.0 Å². The topological polar surface area (TPSA) is 32.8 Å². The minimum Gasteiger partial charge on any atom is -0.497 e. The lowest BCUT2D eigenvalue weighted by Crippen LogP contribution is -2.27. The van der Waals surface area contributed by atoms with Crippen LogP contribution >= 0.6 is 24.0 Å². The van der Waals surface area contributed by atoms with E-state index in [1.807, 2.05) is 54.6 Å². The highest BCUT2D eigenvalue weighted by Crippen LogP contribution is 2.36. The summed E-state index contributed by atoms with van der Waals surface area (Å²) in [6, 6.07) is 15.6. The van der Waals surface area contributed by atoms with Crippen LogP contribution in [-0.2, 0) is 4.79 Å². The van der Waals surface area contributed by atoms with Crippen LogP contribution in [0.1, 0.15) is 19.4 Å². The van der Waals surface area contributed by atoms with Gasteiger partial charge in [-0.15, -0.1) is 0 Å².